The Morgan fingerprint density at radius 1 is 1.33 bits per heavy atom. The van der Waals surface area contributed by atoms with E-state index in [0.717, 1.165) is 11.3 Å². The maximum atomic E-state index is 12.0. The topological polar surface area (TPSA) is 46.3 Å². The highest BCUT2D eigenvalue weighted by molar-refractivity contribution is 5.94. The van der Waals surface area contributed by atoms with Crippen LogP contribution < -0.4 is 10.6 Å². The third-order valence-corrected chi connectivity index (χ3v) is 3.13. The lowest BCUT2D eigenvalue weighted by Crippen LogP contribution is -2.32. The highest BCUT2D eigenvalue weighted by Crippen LogP contribution is 2.25. The van der Waals surface area contributed by atoms with E-state index in [2.05, 4.69) is 32.0 Å². The molecule has 0 aromatic heterocycles. The highest BCUT2D eigenvalue weighted by atomic mass is 16.2. The molecular formula is C15H24N2O. The third kappa shape index (κ3) is 3.57. The van der Waals surface area contributed by atoms with Crippen molar-refractivity contribution in [1.82, 2.24) is 0 Å². The first kappa shape index (κ1) is 14.7. The second kappa shape index (κ2) is 6.01. The molecule has 100 valence electrons. The predicted octanol–water partition coefficient (Wildman–Crippen LogP) is 2.82. The van der Waals surface area contributed by atoms with E-state index in [1.807, 2.05) is 20.9 Å². The van der Waals surface area contributed by atoms with E-state index < -0.39 is 0 Å². The number of aryl methyl sites for hydroxylation is 1. The maximum absolute atomic E-state index is 12.0. The van der Waals surface area contributed by atoms with Crippen molar-refractivity contribution in [1.29, 1.82) is 0 Å². The van der Waals surface area contributed by atoms with Gasteiger partial charge in [-0.25, -0.2) is 0 Å². The predicted molar refractivity (Wildman–Crippen MR) is 76.9 cm³/mol. The van der Waals surface area contributed by atoms with Crippen molar-refractivity contribution in [2.45, 2.75) is 46.1 Å². The highest BCUT2D eigenvalue weighted by Gasteiger charge is 2.15. The molecule has 0 radical (unpaired) electrons. The Morgan fingerprint density at radius 2 is 1.94 bits per heavy atom. The minimum Gasteiger partial charge on any atom is -0.327 e. The van der Waals surface area contributed by atoms with Crippen molar-refractivity contribution in [3.8, 4) is 0 Å². The van der Waals surface area contributed by atoms with Crippen LogP contribution in [0.4, 0.5) is 5.69 Å². The van der Waals surface area contributed by atoms with Crippen LogP contribution in [-0.2, 0) is 4.79 Å². The molecule has 0 fully saturated rings. The Hall–Kier alpha value is -1.35. The van der Waals surface area contributed by atoms with Gasteiger partial charge in [0.2, 0.25) is 5.91 Å². The van der Waals surface area contributed by atoms with E-state index in [4.69, 9.17) is 5.73 Å². The second-order valence-corrected chi connectivity index (χ2v) is 5.33. The number of rotatable bonds is 4. The lowest BCUT2D eigenvalue weighted by molar-refractivity contribution is -0.118. The number of anilines is 1. The van der Waals surface area contributed by atoms with Crippen molar-refractivity contribution < 1.29 is 4.79 Å². The number of carbonyl (C=O) groups excluding carboxylic acids is 1. The molecular weight excluding hydrogens is 224 g/mol. The van der Waals surface area contributed by atoms with E-state index in [1.54, 1.807) is 4.90 Å². The summed E-state index contributed by atoms with van der Waals surface area (Å²) in [4.78, 5) is 13.7. The van der Waals surface area contributed by atoms with Crippen LogP contribution >= 0.6 is 0 Å². The van der Waals surface area contributed by atoms with Crippen molar-refractivity contribution in [2.75, 3.05) is 11.9 Å². The van der Waals surface area contributed by atoms with Gasteiger partial charge < -0.3 is 10.6 Å². The molecule has 3 heteroatoms. The zero-order chi connectivity index (χ0) is 13.9. The van der Waals surface area contributed by atoms with Crippen LogP contribution in [0.5, 0.6) is 0 Å². The summed E-state index contributed by atoms with van der Waals surface area (Å²) in [6.45, 7) is 8.18. The molecule has 0 spiro atoms. The van der Waals surface area contributed by atoms with Crippen LogP contribution in [0.15, 0.2) is 18.2 Å². The lowest BCUT2D eigenvalue weighted by Gasteiger charge is -2.22. The first-order valence-electron chi connectivity index (χ1n) is 6.45. The van der Waals surface area contributed by atoms with Crippen LogP contribution in [0.2, 0.25) is 0 Å². The molecule has 1 amide bonds. The average molecular weight is 248 g/mol. The fourth-order valence-electron chi connectivity index (χ4n) is 1.89. The number of hydrogen-bond donors (Lipinski definition) is 1. The zero-order valence-corrected chi connectivity index (χ0v) is 12.0. The van der Waals surface area contributed by atoms with E-state index in [9.17, 15) is 4.79 Å². The quantitative estimate of drug-likeness (QED) is 0.890. The summed E-state index contributed by atoms with van der Waals surface area (Å²) in [6, 6.07) is 6.18. The Balaban J connectivity index is 3.00. The summed E-state index contributed by atoms with van der Waals surface area (Å²) in [7, 11) is 1.82. The Labute approximate surface area is 110 Å². The lowest BCUT2D eigenvalue weighted by atomic mass is 10.00. The molecule has 18 heavy (non-hydrogen) atoms. The molecule has 0 saturated heterocycles. The number of hydrogen-bond acceptors (Lipinski definition) is 2. The van der Waals surface area contributed by atoms with Crippen molar-refractivity contribution in [3.63, 3.8) is 0 Å². The fraction of sp³-hybridized carbons (Fsp3) is 0.533. The Kier molecular flexibility index (Phi) is 4.91. The molecule has 1 unspecified atom stereocenters. The maximum Gasteiger partial charge on any atom is 0.228 e. The van der Waals surface area contributed by atoms with E-state index in [1.165, 1.54) is 5.56 Å². The van der Waals surface area contributed by atoms with Crippen molar-refractivity contribution in [2.24, 2.45) is 5.73 Å². The smallest absolute Gasteiger partial charge is 0.228 e. The molecule has 0 bridgehead atoms. The minimum absolute atomic E-state index is 0.0639. The number of amides is 1. The number of nitrogens with two attached hydrogens (primary N) is 1. The molecule has 1 aromatic rings. The molecule has 3 nitrogen and oxygen atoms in total. The molecule has 1 atom stereocenters. The summed E-state index contributed by atoms with van der Waals surface area (Å²) in [5.74, 6) is 0.523. The van der Waals surface area contributed by atoms with Crippen LogP contribution in [0, 0.1) is 6.92 Å². The van der Waals surface area contributed by atoms with Crippen LogP contribution in [-0.4, -0.2) is 19.0 Å². The SMILES string of the molecule is Cc1ccc(C(C)C)cc1N(C)C(=O)CC(C)N. The van der Waals surface area contributed by atoms with E-state index in [-0.39, 0.29) is 11.9 Å². The molecule has 0 saturated carbocycles. The number of benzene rings is 1. The standard InChI is InChI=1S/C15H24N2O/c1-10(2)13-7-6-11(3)14(9-13)17(5)15(18)8-12(4)16/h6-7,9-10,12H,8,16H2,1-5H3. The van der Waals surface area contributed by atoms with Gasteiger partial charge >= 0.3 is 0 Å². The van der Waals surface area contributed by atoms with E-state index in [0.29, 0.717) is 12.3 Å². The zero-order valence-electron chi connectivity index (χ0n) is 12.0. The largest absolute Gasteiger partial charge is 0.327 e. The summed E-state index contributed by atoms with van der Waals surface area (Å²) in [6.07, 6.45) is 0.377. The number of carbonyl (C=O) groups is 1. The normalized spacial score (nSPS) is 12.6. The minimum atomic E-state index is -0.103. The van der Waals surface area contributed by atoms with Crippen LogP contribution in [0.1, 0.15) is 44.2 Å². The van der Waals surface area contributed by atoms with Gasteiger partial charge in [0.15, 0.2) is 0 Å². The molecule has 1 aromatic carbocycles. The van der Waals surface area contributed by atoms with Gasteiger partial charge in [0.25, 0.3) is 0 Å². The van der Waals surface area contributed by atoms with Gasteiger partial charge in [-0.3, -0.25) is 4.79 Å². The van der Waals surface area contributed by atoms with Gasteiger partial charge in [-0.05, 0) is 37.0 Å². The van der Waals surface area contributed by atoms with Crippen molar-refractivity contribution in [3.05, 3.63) is 29.3 Å². The summed E-state index contributed by atoms with van der Waals surface area (Å²) < 4.78 is 0. The van der Waals surface area contributed by atoms with Crippen LogP contribution in [0.25, 0.3) is 0 Å². The van der Waals surface area contributed by atoms with Gasteiger partial charge in [0.1, 0.15) is 0 Å². The molecule has 0 aliphatic carbocycles. The molecule has 1 rings (SSSR count). The monoisotopic (exact) mass is 248 g/mol. The Morgan fingerprint density at radius 3 is 2.44 bits per heavy atom. The van der Waals surface area contributed by atoms with Gasteiger partial charge in [-0.15, -0.1) is 0 Å². The Bertz CT molecular complexity index is 425. The van der Waals surface area contributed by atoms with E-state index >= 15 is 0 Å². The third-order valence-electron chi connectivity index (χ3n) is 3.13. The summed E-state index contributed by atoms with van der Waals surface area (Å²) >= 11 is 0. The molecule has 0 aliphatic heterocycles. The fourth-order valence-corrected chi connectivity index (χ4v) is 1.89. The average Bonchev–Trinajstić information content (AvgIpc) is 2.27. The summed E-state index contributed by atoms with van der Waals surface area (Å²) in [5, 5.41) is 0. The molecule has 0 aliphatic rings. The van der Waals surface area contributed by atoms with Gasteiger partial charge in [-0.2, -0.15) is 0 Å². The van der Waals surface area contributed by atoms with Gasteiger partial charge in [-0.1, -0.05) is 26.0 Å². The molecule has 0 heterocycles. The summed E-state index contributed by atoms with van der Waals surface area (Å²) in [5.41, 5.74) is 9.01. The van der Waals surface area contributed by atoms with Gasteiger partial charge in [0, 0.05) is 25.2 Å². The van der Waals surface area contributed by atoms with Crippen LogP contribution in [0.3, 0.4) is 0 Å². The van der Waals surface area contributed by atoms with Crippen molar-refractivity contribution >= 4 is 11.6 Å². The first-order valence-corrected chi connectivity index (χ1v) is 6.45. The first-order chi connectivity index (χ1) is 8.32. The molecule has 2 N–H and O–H groups in total. The second-order valence-electron chi connectivity index (χ2n) is 5.33. The number of nitrogens with zero attached hydrogens (tertiary/aromatic N) is 1. The van der Waals surface area contributed by atoms with Gasteiger partial charge in [0.05, 0.1) is 0 Å².